The van der Waals surface area contributed by atoms with Crippen LogP contribution in [0.25, 0.3) is 0 Å². The fourth-order valence-electron chi connectivity index (χ4n) is 3.29. The molecule has 1 heterocycles. The van der Waals surface area contributed by atoms with Crippen LogP contribution in [0, 0.1) is 12.8 Å². The van der Waals surface area contributed by atoms with Crippen molar-refractivity contribution in [1.29, 1.82) is 0 Å². The zero-order valence-electron chi connectivity index (χ0n) is 15.6. The first kappa shape index (κ1) is 20.6. The first-order chi connectivity index (χ1) is 12.4. The second-order valence-corrected chi connectivity index (χ2v) is 6.90. The summed E-state index contributed by atoms with van der Waals surface area (Å²) in [5.74, 6) is 1.23. The summed E-state index contributed by atoms with van der Waals surface area (Å²) in [4.78, 5) is 5.74. The second-order valence-electron chi connectivity index (χ2n) is 6.90. The Kier molecular flexibility index (Phi) is 7.75. The molecule has 0 spiro atoms. The molecule has 0 radical (unpaired) electrons. The lowest BCUT2D eigenvalue weighted by Crippen LogP contribution is -2.41. The molecule has 0 amide bonds. The monoisotopic (exact) mass is 370 g/mol. The lowest BCUT2D eigenvalue weighted by Gasteiger charge is -2.32. The molecule has 0 saturated carbocycles. The molecule has 0 unspecified atom stereocenters. The van der Waals surface area contributed by atoms with Crippen LogP contribution in [-0.4, -0.2) is 50.3 Å². The Morgan fingerprint density at radius 2 is 1.88 bits per heavy atom. The number of benzene rings is 1. The van der Waals surface area contributed by atoms with Gasteiger partial charge in [0.1, 0.15) is 0 Å². The van der Waals surface area contributed by atoms with Gasteiger partial charge in [-0.15, -0.1) is 0 Å². The van der Waals surface area contributed by atoms with Gasteiger partial charge in [-0.2, -0.15) is 13.2 Å². The Morgan fingerprint density at radius 3 is 2.50 bits per heavy atom. The van der Waals surface area contributed by atoms with E-state index in [4.69, 9.17) is 0 Å². The van der Waals surface area contributed by atoms with Crippen LogP contribution in [0.5, 0.6) is 0 Å². The van der Waals surface area contributed by atoms with Crippen molar-refractivity contribution in [2.24, 2.45) is 10.9 Å². The quantitative estimate of drug-likeness (QED) is 0.596. The van der Waals surface area contributed by atoms with Crippen molar-refractivity contribution in [3.8, 4) is 0 Å². The zero-order valence-corrected chi connectivity index (χ0v) is 15.6. The summed E-state index contributed by atoms with van der Waals surface area (Å²) >= 11 is 0. The Hall–Kier alpha value is -1.76. The highest BCUT2D eigenvalue weighted by molar-refractivity contribution is 5.79. The third-order valence-corrected chi connectivity index (χ3v) is 4.89. The van der Waals surface area contributed by atoms with Crippen molar-refractivity contribution in [3.05, 3.63) is 35.4 Å². The fraction of sp³-hybridized carbons (Fsp3) is 0.632. The van der Waals surface area contributed by atoms with Gasteiger partial charge in [0.15, 0.2) is 5.96 Å². The van der Waals surface area contributed by atoms with Gasteiger partial charge in [0.2, 0.25) is 0 Å². The van der Waals surface area contributed by atoms with E-state index in [0.29, 0.717) is 25.6 Å². The minimum atomic E-state index is -4.09. The topological polar surface area (TPSA) is 39.7 Å². The Bertz CT molecular complexity index is 578. The van der Waals surface area contributed by atoms with Crippen molar-refractivity contribution < 1.29 is 13.2 Å². The van der Waals surface area contributed by atoms with Crippen LogP contribution in [0.3, 0.4) is 0 Å². The first-order valence-corrected chi connectivity index (χ1v) is 9.15. The zero-order chi connectivity index (χ0) is 19.0. The van der Waals surface area contributed by atoms with E-state index < -0.39 is 12.7 Å². The number of nitrogens with zero attached hydrogens (tertiary/aromatic N) is 2. The number of alkyl halides is 3. The van der Waals surface area contributed by atoms with Gasteiger partial charge < -0.3 is 10.6 Å². The van der Waals surface area contributed by atoms with Gasteiger partial charge in [-0.25, -0.2) is 0 Å². The first-order valence-electron chi connectivity index (χ1n) is 9.15. The Labute approximate surface area is 153 Å². The van der Waals surface area contributed by atoms with E-state index in [1.54, 1.807) is 7.05 Å². The molecule has 1 fully saturated rings. The second kappa shape index (κ2) is 9.80. The molecule has 4 nitrogen and oxygen atoms in total. The molecule has 2 N–H and O–H groups in total. The number of hydrogen-bond acceptors (Lipinski definition) is 2. The summed E-state index contributed by atoms with van der Waals surface area (Å²) in [6.45, 7) is 3.85. The predicted octanol–water partition coefficient (Wildman–Crippen LogP) is 3.32. The molecule has 1 aliphatic heterocycles. The molecule has 0 bridgehead atoms. The average molecular weight is 370 g/mol. The van der Waals surface area contributed by atoms with Gasteiger partial charge in [-0.1, -0.05) is 24.3 Å². The summed E-state index contributed by atoms with van der Waals surface area (Å²) in [5, 5.41) is 6.60. The summed E-state index contributed by atoms with van der Waals surface area (Å²) in [6.07, 6.45) is -1.49. The third kappa shape index (κ3) is 7.23. The summed E-state index contributed by atoms with van der Waals surface area (Å²) in [6, 6.07) is 8.21. The van der Waals surface area contributed by atoms with Gasteiger partial charge in [0, 0.05) is 20.1 Å². The molecule has 0 aliphatic carbocycles. The van der Waals surface area contributed by atoms with Crippen molar-refractivity contribution in [3.63, 3.8) is 0 Å². The Balaban J connectivity index is 1.65. The van der Waals surface area contributed by atoms with Crippen LogP contribution < -0.4 is 10.6 Å². The van der Waals surface area contributed by atoms with Gasteiger partial charge in [0.25, 0.3) is 0 Å². The molecule has 2 rings (SSSR count). The predicted molar refractivity (Wildman–Crippen MR) is 99.2 cm³/mol. The number of likely N-dealkylation sites (tertiary alicyclic amines) is 1. The lowest BCUT2D eigenvalue weighted by molar-refractivity contribution is -0.148. The van der Waals surface area contributed by atoms with E-state index in [-0.39, 0.29) is 0 Å². The average Bonchev–Trinajstić information content (AvgIpc) is 2.59. The van der Waals surface area contributed by atoms with E-state index in [1.807, 2.05) is 12.1 Å². The molecule has 0 atom stereocenters. The number of hydrogen-bond donors (Lipinski definition) is 2. The lowest BCUT2D eigenvalue weighted by atomic mass is 9.93. The fourth-order valence-corrected chi connectivity index (χ4v) is 3.29. The van der Waals surface area contributed by atoms with E-state index in [0.717, 1.165) is 31.8 Å². The minimum absolute atomic E-state index is 0.474. The van der Waals surface area contributed by atoms with Crippen LogP contribution in [0.2, 0.25) is 0 Å². The number of aryl methyl sites for hydroxylation is 1. The van der Waals surface area contributed by atoms with Gasteiger partial charge in [-0.3, -0.25) is 9.89 Å². The molecular weight excluding hydrogens is 341 g/mol. The molecule has 26 heavy (non-hydrogen) atoms. The van der Waals surface area contributed by atoms with Crippen molar-refractivity contribution >= 4 is 5.96 Å². The Morgan fingerprint density at radius 1 is 1.19 bits per heavy atom. The van der Waals surface area contributed by atoms with Crippen molar-refractivity contribution in [2.75, 3.05) is 33.2 Å². The number of piperidine rings is 1. The highest BCUT2D eigenvalue weighted by Crippen LogP contribution is 2.23. The molecule has 7 heteroatoms. The largest absolute Gasteiger partial charge is 0.401 e. The molecule has 1 aliphatic rings. The number of rotatable bonds is 6. The highest BCUT2D eigenvalue weighted by Gasteiger charge is 2.32. The van der Waals surface area contributed by atoms with Gasteiger partial charge in [-0.05, 0) is 56.3 Å². The normalized spacial score (nSPS) is 17.3. The smallest absolute Gasteiger partial charge is 0.356 e. The SMILES string of the molecule is CN=C(NCCC1CCN(CC(F)(F)F)CC1)NCc1ccccc1C. The number of halogens is 3. The maximum atomic E-state index is 12.4. The third-order valence-electron chi connectivity index (χ3n) is 4.89. The molecule has 1 aromatic carbocycles. The van der Waals surface area contributed by atoms with Crippen LogP contribution in [-0.2, 0) is 6.54 Å². The molecular formula is C19H29F3N4. The van der Waals surface area contributed by atoms with Crippen LogP contribution >= 0.6 is 0 Å². The van der Waals surface area contributed by atoms with Crippen LogP contribution in [0.15, 0.2) is 29.3 Å². The highest BCUT2D eigenvalue weighted by atomic mass is 19.4. The van der Waals surface area contributed by atoms with Gasteiger partial charge >= 0.3 is 6.18 Å². The maximum absolute atomic E-state index is 12.4. The number of nitrogens with one attached hydrogen (secondary N) is 2. The summed E-state index contributed by atoms with van der Waals surface area (Å²) in [5.41, 5.74) is 2.47. The molecule has 146 valence electrons. The molecule has 1 aromatic rings. The minimum Gasteiger partial charge on any atom is -0.356 e. The molecule has 1 saturated heterocycles. The van der Waals surface area contributed by atoms with Crippen molar-refractivity contribution in [1.82, 2.24) is 15.5 Å². The number of aliphatic imine (C=N–C) groups is 1. The number of guanidine groups is 1. The summed E-state index contributed by atoms with van der Waals surface area (Å²) in [7, 11) is 1.74. The van der Waals surface area contributed by atoms with E-state index >= 15 is 0 Å². The van der Waals surface area contributed by atoms with Crippen LogP contribution in [0.1, 0.15) is 30.4 Å². The van der Waals surface area contributed by atoms with Gasteiger partial charge in [0.05, 0.1) is 6.54 Å². The standard InChI is InChI=1S/C19H29F3N4/c1-15-5-3-4-6-17(15)13-25-18(23-2)24-10-7-16-8-11-26(12-9-16)14-19(20,21)22/h3-6,16H,7-14H2,1-2H3,(H2,23,24,25). The molecule has 0 aromatic heterocycles. The maximum Gasteiger partial charge on any atom is 0.401 e. The van der Waals surface area contributed by atoms with Crippen molar-refractivity contribution in [2.45, 2.75) is 38.9 Å². The van der Waals surface area contributed by atoms with Crippen LogP contribution in [0.4, 0.5) is 13.2 Å². The van der Waals surface area contributed by atoms with E-state index in [2.05, 4.69) is 34.7 Å². The van der Waals surface area contributed by atoms with E-state index in [1.165, 1.54) is 16.0 Å². The summed E-state index contributed by atoms with van der Waals surface area (Å²) < 4.78 is 37.2. The van der Waals surface area contributed by atoms with E-state index in [9.17, 15) is 13.2 Å².